The molecule has 0 unspecified atom stereocenters. The Balaban J connectivity index is 1.54. The summed E-state index contributed by atoms with van der Waals surface area (Å²) in [4.78, 5) is 43.9. The van der Waals surface area contributed by atoms with E-state index in [1.807, 2.05) is 0 Å². The fraction of sp³-hybridized carbons (Fsp3) is 0.0400. The summed E-state index contributed by atoms with van der Waals surface area (Å²) in [6.45, 7) is 1.69. The first-order valence-corrected chi connectivity index (χ1v) is 11.7. The number of halogens is 3. The number of hydrogen-bond acceptors (Lipinski definition) is 6. The van der Waals surface area contributed by atoms with E-state index in [1.165, 1.54) is 10.6 Å². The molecule has 6 rings (SSSR count). The van der Waals surface area contributed by atoms with Crippen LogP contribution >= 0.6 is 34.8 Å². The Bertz CT molecular complexity index is 1910. The quantitative estimate of drug-likeness (QED) is 0.198. The lowest BCUT2D eigenvalue weighted by molar-refractivity contribution is 0.0979. The van der Waals surface area contributed by atoms with Crippen LogP contribution in [0.4, 0.5) is 11.4 Å². The van der Waals surface area contributed by atoms with Crippen molar-refractivity contribution in [1.82, 2.24) is 14.6 Å². The highest BCUT2D eigenvalue weighted by molar-refractivity contribution is 6.50. The minimum Gasteiger partial charge on any atom is -0.292 e. The summed E-state index contributed by atoms with van der Waals surface area (Å²) in [7, 11) is 0. The van der Waals surface area contributed by atoms with Gasteiger partial charge in [-0.2, -0.15) is 4.52 Å². The normalized spacial score (nSPS) is 13.1. The second kappa shape index (κ2) is 8.09. The lowest BCUT2D eigenvalue weighted by Gasteiger charge is -2.18. The Hall–Kier alpha value is -3.85. The van der Waals surface area contributed by atoms with Crippen LogP contribution in [-0.2, 0) is 0 Å². The third-order valence-corrected chi connectivity index (χ3v) is 7.29. The van der Waals surface area contributed by atoms with Gasteiger partial charge in [-0.05, 0) is 19.1 Å². The lowest BCUT2D eigenvalue weighted by Crippen LogP contribution is -2.20. The Morgan fingerprint density at radius 2 is 1.56 bits per heavy atom. The molecule has 0 amide bonds. The predicted octanol–water partition coefficient (Wildman–Crippen LogP) is 6.64. The third-order valence-electron chi connectivity index (χ3n) is 6.03. The van der Waals surface area contributed by atoms with Crippen LogP contribution in [0.5, 0.6) is 0 Å². The molecule has 8 nitrogen and oxygen atoms in total. The number of ketones is 2. The maximum Gasteiger partial charge on any atom is 0.280 e. The van der Waals surface area contributed by atoms with Crippen molar-refractivity contribution >= 4 is 74.3 Å². The van der Waals surface area contributed by atoms with Gasteiger partial charge in [0, 0.05) is 16.7 Å². The molecular weight excluding hydrogens is 525 g/mol. The molecule has 1 N–H and O–H groups in total. The van der Waals surface area contributed by atoms with E-state index in [0.29, 0.717) is 16.8 Å². The molecule has 0 spiro atoms. The number of nitrogens with zero attached hydrogens (tertiary/aromatic N) is 4. The summed E-state index contributed by atoms with van der Waals surface area (Å²) in [5.74, 6) is -0.575. The highest BCUT2D eigenvalue weighted by atomic mass is 35.5. The molecule has 176 valence electrons. The highest BCUT2D eigenvalue weighted by Gasteiger charge is 2.31. The number of aryl methyl sites for hydroxylation is 1. The molecule has 11 heteroatoms. The summed E-state index contributed by atoms with van der Waals surface area (Å²) in [5.41, 5.74) is 1.92. The smallest absolute Gasteiger partial charge is 0.280 e. The molecule has 0 saturated carbocycles. The number of nitrogens with one attached hydrogen (secondary N) is 1. The van der Waals surface area contributed by atoms with E-state index in [9.17, 15) is 14.4 Å². The number of benzene rings is 3. The molecule has 0 radical (unpaired) electrons. The zero-order valence-electron chi connectivity index (χ0n) is 18.3. The largest absolute Gasteiger partial charge is 0.292 e. The molecular formula is C25H12Cl3N5O3. The van der Waals surface area contributed by atoms with Gasteiger partial charge in [0.25, 0.3) is 5.56 Å². The summed E-state index contributed by atoms with van der Waals surface area (Å²) in [5, 5.41) is 11.9. The lowest BCUT2D eigenvalue weighted by atomic mass is 9.83. The number of carbonyl (C=O) groups is 2. The Kier molecular flexibility index (Phi) is 5.08. The summed E-state index contributed by atoms with van der Waals surface area (Å²) < 4.78 is 1.21. The number of azo groups is 1. The van der Waals surface area contributed by atoms with Gasteiger partial charge in [-0.15, -0.1) is 10.2 Å². The molecule has 36 heavy (non-hydrogen) atoms. The number of aromatic amines is 1. The van der Waals surface area contributed by atoms with E-state index in [4.69, 9.17) is 34.8 Å². The van der Waals surface area contributed by atoms with E-state index >= 15 is 0 Å². The molecule has 1 aliphatic rings. The van der Waals surface area contributed by atoms with Gasteiger partial charge in [-0.3, -0.25) is 19.5 Å². The summed E-state index contributed by atoms with van der Waals surface area (Å²) in [6, 6.07) is 12.9. The average molecular weight is 537 g/mol. The van der Waals surface area contributed by atoms with Gasteiger partial charge in [-0.1, -0.05) is 71.2 Å². The van der Waals surface area contributed by atoms with Crippen molar-refractivity contribution in [3.05, 3.63) is 102 Å². The van der Waals surface area contributed by atoms with Crippen LogP contribution < -0.4 is 5.56 Å². The molecule has 5 aromatic rings. The molecule has 2 aromatic heterocycles. The second-order valence-corrected chi connectivity index (χ2v) is 9.31. The fourth-order valence-corrected chi connectivity index (χ4v) is 4.96. The van der Waals surface area contributed by atoms with E-state index in [0.717, 1.165) is 0 Å². The first-order valence-electron chi connectivity index (χ1n) is 10.6. The van der Waals surface area contributed by atoms with Gasteiger partial charge < -0.3 is 0 Å². The molecule has 0 atom stereocenters. The minimum absolute atomic E-state index is 0.0420. The Labute approximate surface area is 217 Å². The van der Waals surface area contributed by atoms with E-state index in [2.05, 4.69) is 20.3 Å². The van der Waals surface area contributed by atoms with Gasteiger partial charge in [0.05, 0.1) is 42.9 Å². The standard InChI is InChI=1S/C25H12Cl3N5O3/c1-10-20(24-29-21-14(25(36)33(24)32-10)9-15(26)18(27)19(21)28)31-30-16-8-4-7-13-17(16)23(35)12-6-3-2-5-11(12)22(13)34/h2-9,32H,1H3. The van der Waals surface area contributed by atoms with Gasteiger partial charge in [0.15, 0.2) is 22.9 Å². The molecule has 3 aromatic carbocycles. The number of rotatable bonds is 2. The Morgan fingerprint density at radius 1 is 0.861 bits per heavy atom. The zero-order valence-corrected chi connectivity index (χ0v) is 20.5. The topological polar surface area (TPSA) is 109 Å². The number of H-pyrrole nitrogens is 1. The summed E-state index contributed by atoms with van der Waals surface area (Å²) in [6.07, 6.45) is 0. The second-order valence-electron chi connectivity index (χ2n) is 8.15. The van der Waals surface area contributed by atoms with Crippen LogP contribution in [0, 0.1) is 6.92 Å². The van der Waals surface area contributed by atoms with Crippen LogP contribution in [0.25, 0.3) is 16.6 Å². The van der Waals surface area contributed by atoms with Crippen molar-refractivity contribution in [3.8, 4) is 0 Å². The fourth-order valence-electron chi connectivity index (χ4n) is 4.32. The van der Waals surface area contributed by atoms with Crippen molar-refractivity contribution in [2.75, 3.05) is 0 Å². The van der Waals surface area contributed by atoms with Crippen molar-refractivity contribution < 1.29 is 9.59 Å². The molecule has 2 heterocycles. The van der Waals surface area contributed by atoms with Crippen molar-refractivity contribution in [2.45, 2.75) is 6.92 Å². The number of aromatic nitrogens is 3. The number of fused-ring (bicyclic) bond motifs is 4. The first-order chi connectivity index (χ1) is 17.3. The van der Waals surface area contributed by atoms with E-state index in [-0.39, 0.29) is 65.7 Å². The number of hydrogen-bond donors (Lipinski definition) is 1. The van der Waals surface area contributed by atoms with Crippen molar-refractivity contribution in [2.24, 2.45) is 10.2 Å². The minimum atomic E-state index is -0.450. The van der Waals surface area contributed by atoms with Crippen molar-refractivity contribution in [3.63, 3.8) is 0 Å². The zero-order chi connectivity index (χ0) is 25.3. The molecule has 0 aliphatic heterocycles. The monoisotopic (exact) mass is 535 g/mol. The van der Waals surface area contributed by atoms with E-state index < -0.39 is 5.56 Å². The van der Waals surface area contributed by atoms with Gasteiger partial charge in [0.2, 0.25) is 0 Å². The SMILES string of the molecule is Cc1[nH]n2c(=O)c3cc(Cl)c(Cl)c(Cl)c3nc2c1N=Nc1cccc2c1C(=O)c1ccccc1C2=O. The maximum atomic E-state index is 13.2. The molecule has 0 bridgehead atoms. The van der Waals surface area contributed by atoms with Gasteiger partial charge >= 0.3 is 0 Å². The highest BCUT2D eigenvalue weighted by Crippen LogP contribution is 2.37. The van der Waals surface area contributed by atoms with Crippen LogP contribution in [0.15, 0.2) is 63.6 Å². The summed E-state index contributed by atoms with van der Waals surface area (Å²) >= 11 is 18.6. The van der Waals surface area contributed by atoms with Gasteiger partial charge in [-0.25, -0.2) is 4.98 Å². The van der Waals surface area contributed by atoms with Crippen LogP contribution in [0.1, 0.15) is 37.5 Å². The molecule has 0 saturated heterocycles. The van der Waals surface area contributed by atoms with Gasteiger partial charge in [0.1, 0.15) is 0 Å². The molecule has 1 aliphatic carbocycles. The maximum absolute atomic E-state index is 13.2. The predicted molar refractivity (Wildman–Crippen MR) is 137 cm³/mol. The molecule has 0 fully saturated rings. The van der Waals surface area contributed by atoms with Crippen molar-refractivity contribution in [1.29, 1.82) is 0 Å². The average Bonchev–Trinajstić information content (AvgIpc) is 3.20. The van der Waals surface area contributed by atoms with Crippen LogP contribution in [0.2, 0.25) is 15.1 Å². The number of carbonyl (C=O) groups excluding carboxylic acids is 2. The Morgan fingerprint density at radius 3 is 2.31 bits per heavy atom. The van der Waals surface area contributed by atoms with Crippen LogP contribution in [0.3, 0.4) is 0 Å². The van der Waals surface area contributed by atoms with E-state index in [1.54, 1.807) is 49.4 Å². The third kappa shape index (κ3) is 3.15. The van der Waals surface area contributed by atoms with Crippen LogP contribution in [-0.4, -0.2) is 26.2 Å². The first kappa shape index (κ1) is 22.6.